The van der Waals surface area contributed by atoms with Crippen molar-refractivity contribution in [2.75, 3.05) is 30.3 Å². The average Bonchev–Trinajstić information content (AvgIpc) is 3.49. The van der Waals surface area contributed by atoms with Crippen LogP contribution in [0.5, 0.6) is 0 Å². The number of halogens is 1. The van der Waals surface area contributed by atoms with Crippen LogP contribution in [-0.4, -0.2) is 47.3 Å². The molecule has 1 aliphatic rings. The van der Waals surface area contributed by atoms with Crippen molar-refractivity contribution >= 4 is 34.8 Å². The number of rotatable bonds is 7. The molecule has 1 fully saturated rings. The predicted molar refractivity (Wildman–Crippen MR) is 150 cm³/mol. The SMILES string of the molecule is C=C(Nc1ccccc1)N1CCN(C(=O)c2cccc(-c3ccco3)c2)CC1C(=O)Nc1ccc(Cl)cc1. The summed E-state index contributed by atoms with van der Waals surface area (Å²) in [5.74, 6) is 0.876. The smallest absolute Gasteiger partial charge is 0.254 e. The third kappa shape index (κ3) is 5.74. The number of carbonyl (C=O) groups is 2. The predicted octanol–water partition coefficient (Wildman–Crippen LogP) is 5.95. The Labute approximate surface area is 226 Å². The molecule has 3 aromatic carbocycles. The number of benzene rings is 3. The summed E-state index contributed by atoms with van der Waals surface area (Å²) in [5.41, 5.74) is 2.83. The molecule has 1 unspecified atom stereocenters. The molecule has 7 nitrogen and oxygen atoms in total. The lowest BCUT2D eigenvalue weighted by molar-refractivity contribution is -0.122. The summed E-state index contributed by atoms with van der Waals surface area (Å²) in [4.78, 5) is 30.7. The molecule has 5 rings (SSSR count). The number of para-hydroxylation sites is 1. The molecule has 0 saturated carbocycles. The highest BCUT2D eigenvalue weighted by atomic mass is 35.5. The maximum Gasteiger partial charge on any atom is 0.254 e. The minimum absolute atomic E-state index is 0.149. The maximum absolute atomic E-state index is 13.5. The van der Waals surface area contributed by atoms with E-state index in [1.165, 1.54) is 0 Å². The quantitative estimate of drug-likeness (QED) is 0.311. The van der Waals surface area contributed by atoms with Gasteiger partial charge in [-0.3, -0.25) is 9.59 Å². The van der Waals surface area contributed by atoms with Gasteiger partial charge in [-0.1, -0.05) is 48.5 Å². The standard InChI is InChI=1S/C30H27ClN4O3/c1-21(32-25-9-3-2-4-10-25)35-17-16-34(20-27(35)29(36)33-26-14-12-24(31)13-15-26)30(37)23-8-5-7-22(19-23)28-11-6-18-38-28/h2-15,18-19,27,32H,1,16-17,20H2,(H,33,36). The van der Waals surface area contributed by atoms with E-state index in [-0.39, 0.29) is 18.4 Å². The summed E-state index contributed by atoms with van der Waals surface area (Å²) < 4.78 is 5.49. The summed E-state index contributed by atoms with van der Waals surface area (Å²) >= 11 is 6.00. The van der Waals surface area contributed by atoms with Gasteiger partial charge in [-0.15, -0.1) is 0 Å². The number of anilines is 2. The van der Waals surface area contributed by atoms with Crippen molar-refractivity contribution in [3.63, 3.8) is 0 Å². The van der Waals surface area contributed by atoms with E-state index in [2.05, 4.69) is 17.2 Å². The fourth-order valence-corrected chi connectivity index (χ4v) is 4.59. The molecule has 1 aromatic heterocycles. The van der Waals surface area contributed by atoms with Gasteiger partial charge < -0.3 is 24.9 Å². The zero-order valence-electron chi connectivity index (χ0n) is 20.6. The largest absolute Gasteiger partial charge is 0.464 e. The number of nitrogens with zero attached hydrogens (tertiary/aromatic N) is 2. The van der Waals surface area contributed by atoms with E-state index in [4.69, 9.17) is 16.0 Å². The normalized spacial score (nSPS) is 15.1. The van der Waals surface area contributed by atoms with Crippen LogP contribution in [-0.2, 0) is 4.79 Å². The molecule has 2 N–H and O–H groups in total. The van der Waals surface area contributed by atoms with Crippen molar-refractivity contribution in [2.45, 2.75) is 6.04 Å². The van der Waals surface area contributed by atoms with Gasteiger partial charge in [0.25, 0.3) is 5.91 Å². The summed E-state index contributed by atoms with van der Waals surface area (Å²) in [6, 6.07) is 26.9. The van der Waals surface area contributed by atoms with Crippen LogP contribution in [0, 0.1) is 0 Å². The van der Waals surface area contributed by atoms with Crippen LogP contribution in [0.25, 0.3) is 11.3 Å². The Morgan fingerprint density at radius 2 is 1.63 bits per heavy atom. The van der Waals surface area contributed by atoms with Gasteiger partial charge in [0, 0.05) is 40.6 Å². The number of nitrogens with one attached hydrogen (secondary N) is 2. The zero-order valence-corrected chi connectivity index (χ0v) is 21.4. The molecule has 4 aromatic rings. The molecule has 1 saturated heterocycles. The van der Waals surface area contributed by atoms with Gasteiger partial charge in [-0.25, -0.2) is 0 Å². The molecular formula is C30H27ClN4O3. The molecule has 38 heavy (non-hydrogen) atoms. The van der Waals surface area contributed by atoms with E-state index in [1.54, 1.807) is 41.5 Å². The summed E-state index contributed by atoms with van der Waals surface area (Å²) in [7, 11) is 0. The van der Waals surface area contributed by atoms with Crippen LogP contribution in [0.2, 0.25) is 5.02 Å². The lowest BCUT2D eigenvalue weighted by Crippen LogP contribution is -2.59. The molecule has 0 spiro atoms. The average molecular weight is 527 g/mol. The molecule has 0 aliphatic carbocycles. The highest BCUT2D eigenvalue weighted by Crippen LogP contribution is 2.24. The number of hydrogen-bond donors (Lipinski definition) is 2. The molecule has 1 aliphatic heterocycles. The Balaban J connectivity index is 1.37. The topological polar surface area (TPSA) is 77.8 Å². The second kappa shape index (κ2) is 11.3. The van der Waals surface area contributed by atoms with Gasteiger partial charge in [0.1, 0.15) is 11.8 Å². The molecule has 2 heterocycles. The van der Waals surface area contributed by atoms with Gasteiger partial charge in [0.05, 0.1) is 18.6 Å². The maximum atomic E-state index is 13.5. The Morgan fingerprint density at radius 3 is 2.37 bits per heavy atom. The third-order valence-corrected chi connectivity index (χ3v) is 6.66. The Bertz CT molecular complexity index is 1420. The van der Waals surface area contributed by atoms with Crippen molar-refractivity contribution in [3.05, 3.63) is 120 Å². The fourth-order valence-electron chi connectivity index (χ4n) is 4.46. The zero-order chi connectivity index (χ0) is 26.5. The highest BCUT2D eigenvalue weighted by molar-refractivity contribution is 6.30. The summed E-state index contributed by atoms with van der Waals surface area (Å²) in [6.45, 7) is 5.26. The first-order valence-electron chi connectivity index (χ1n) is 12.3. The molecule has 1 atom stereocenters. The second-order valence-electron chi connectivity index (χ2n) is 8.95. The number of carbonyl (C=O) groups excluding carboxylic acids is 2. The van der Waals surface area contributed by atoms with Crippen molar-refractivity contribution in [1.82, 2.24) is 9.80 Å². The first-order chi connectivity index (χ1) is 18.5. The Morgan fingerprint density at radius 1 is 0.868 bits per heavy atom. The highest BCUT2D eigenvalue weighted by Gasteiger charge is 2.35. The van der Waals surface area contributed by atoms with E-state index in [0.717, 1.165) is 11.3 Å². The molecule has 8 heteroatoms. The fraction of sp³-hybridized carbons (Fsp3) is 0.133. The van der Waals surface area contributed by atoms with Crippen LogP contribution >= 0.6 is 11.6 Å². The number of furan rings is 1. The van der Waals surface area contributed by atoms with Gasteiger partial charge in [0.15, 0.2) is 0 Å². The van der Waals surface area contributed by atoms with Crippen LogP contribution < -0.4 is 10.6 Å². The minimum atomic E-state index is -0.666. The van der Waals surface area contributed by atoms with E-state index in [1.807, 2.05) is 65.6 Å². The van der Waals surface area contributed by atoms with Crippen molar-refractivity contribution in [2.24, 2.45) is 0 Å². The third-order valence-electron chi connectivity index (χ3n) is 6.41. The van der Waals surface area contributed by atoms with E-state index in [9.17, 15) is 9.59 Å². The number of hydrogen-bond acceptors (Lipinski definition) is 5. The Kier molecular flexibility index (Phi) is 7.47. The van der Waals surface area contributed by atoms with Crippen molar-refractivity contribution < 1.29 is 14.0 Å². The van der Waals surface area contributed by atoms with E-state index in [0.29, 0.717) is 40.9 Å². The second-order valence-corrected chi connectivity index (χ2v) is 9.39. The van der Waals surface area contributed by atoms with Crippen molar-refractivity contribution in [1.29, 1.82) is 0 Å². The first-order valence-corrected chi connectivity index (χ1v) is 12.6. The van der Waals surface area contributed by atoms with Crippen LogP contribution in [0.15, 0.2) is 114 Å². The van der Waals surface area contributed by atoms with Crippen LogP contribution in [0.1, 0.15) is 10.4 Å². The van der Waals surface area contributed by atoms with Gasteiger partial charge >= 0.3 is 0 Å². The van der Waals surface area contributed by atoms with Crippen LogP contribution in [0.4, 0.5) is 11.4 Å². The molecule has 0 radical (unpaired) electrons. The van der Waals surface area contributed by atoms with Gasteiger partial charge in [-0.2, -0.15) is 0 Å². The number of piperazine rings is 1. The lowest BCUT2D eigenvalue weighted by Gasteiger charge is -2.42. The number of amides is 2. The lowest BCUT2D eigenvalue weighted by atomic mass is 10.1. The minimum Gasteiger partial charge on any atom is -0.464 e. The van der Waals surface area contributed by atoms with Gasteiger partial charge in [-0.05, 0) is 60.7 Å². The van der Waals surface area contributed by atoms with Crippen LogP contribution in [0.3, 0.4) is 0 Å². The van der Waals surface area contributed by atoms with Gasteiger partial charge in [0.2, 0.25) is 5.91 Å². The summed E-state index contributed by atoms with van der Waals surface area (Å²) in [5, 5.41) is 6.82. The first kappa shape index (κ1) is 25.2. The summed E-state index contributed by atoms with van der Waals surface area (Å²) in [6.07, 6.45) is 1.60. The monoisotopic (exact) mass is 526 g/mol. The van der Waals surface area contributed by atoms with E-state index < -0.39 is 6.04 Å². The van der Waals surface area contributed by atoms with E-state index >= 15 is 0 Å². The van der Waals surface area contributed by atoms with Crippen molar-refractivity contribution in [3.8, 4) is 11.3 Å². The molecular weight excluding hydrogens is 500 g/mol. The Hall–Kier alpha value is -4.49. The molecule has 2 amide bonds. The molecule has 192 valence electrons. The molecule has 0 bridgehead atoms.